The van der Waals surface area contributed by atoms with Gasteiger partial charge in [0.25, 0.3) is 0 Å². The molecule has 0 aliphatic rings. The van der Waals surface area contributed by atoms with E-state index in [0.29, 0.717) is 0 Å². The molecule has 1 nitrogen and oxygen atoms in total. The summed E-state index contributed by atoms with van der Waals surface area (Å²) in [6.07, 6.45) is 4.14. The topological polar surface area (TPSA) is 0 Å². The van der Waals surface area contributed by atoms with Crippen LogP contribution < -0.4 is 0 Å². The van der Waals surface area contributed by atoms with E-state index in [0.717, 1.165) is 10.2 Å². The Hall–Kier alpha value is -0.560. The zero-order valence-electron chi connectivity index (χ0n) is 6.81. The van der Waals surface area contributed by atoms with Crippen molar-refractivity contribution < 1.29 is 4.48 Å². The van der Waals surface area contributed by atoms with Crippen molar-refractivity contribution in [3.05, 3.63) is 24.6 Å². The first-order valence-corrected chi connectivity index (χ1v) is 3.14. The van der Waals surface area contributed by atoms with Crippen molar-refractivity contribution in [1.82, 2.24) is 0 Å². The van der Waals surface area contributed by atoms with Crippen LogP contribution in [0.2, 0.25) is 0 Å². The fraction of sp³-hybridized carbons (Fsp3) is 0.500. The lowest BCUT2D eigenvalue weighted by atomic mass is 10.4. The molecule has 0 saturated carbocycles. The number of rotatable bonds is 2. The van der Waals surface area contributed by atoms with Crippen LogP contribution in [-0.4, -0.2) is 18.6 Å². The molecule has 0 unspecified atom stereocenters. The minimum atomic E-state index is 0.774. The van der Waals surface area contributed by atoms with E-state index in [4.69, 9.17) is 0 Å². The van der Waals surface area contributed by atoms with Gasteiger partial charge in [0.1, 0.15) is 5.70 Å². The summed E-state index contributed by atoms with van der Waals surface area (Å²) in [7, 11) is 4.20. The van der Waals surface area contributed by atoms with Crippen molar-refractivity contribution >= 4 is 0 Å². The van der Waals surface area contributed by atoms with Gasteiger partial charge in [-0.15, -0.1) is 0 Å². The van der Waals surface area contributed by atoms with Gasteiger partial charge in [0.15, 0.2) is 0 Å². The molecule has 0 aromatic heterocycles. The minimum Gasteiger partial charge on any atom is -0.274 e. The third-order valence-electron chi connectivity index (χ3n) is 1.51. The van der Waals surface area contributed by atoms with Crippen molar-refractivity contribution in [1.29, 1.82) is 0 Å². The Balaban J connectivity index is 4.19. The second-order valence-electron chi connectivity index (χ2n) is 2.76. The van der Waals surface area contributed by atoms with E-state index in [9.17, 15) is 0 Å². The van der Waals surface area contributed by atoms with E-state index >= 15 is 0 Å². The monoisotopic (exact) mass is 126 g/mol. The van der Waals surface area contributed by atoms with Crippen LogP contribution in [0.1, 0.15) is 13.8 Å². The van der Waals surface area contributed by atoms with Gasteiger partial charge in [-0.1, -0.05) is 0 Å². The lowest BCUT2D eigenvalue weighted by Gasteiger charge is -2.23. The van der Waals surface area contributed by atoms with Gasteiger partial charge in [-0.3, -0.25) is 4.48 Å². The third-order valence-corrected chi connectivity index (χ3v) is 1.51. The molecular weight excluding hydrogens is 110 g/mol. The van der Waals surface area contributed by atoms with Gasteiger partial charge in [-0.25, -0.2) is 0 Å². The molecule has 0 radical (unpaired) electrons. The molecule has 0 aliphatic heterocycles. The van der Waals surface area contributed by atoms with Crippen molar-refractivity contribution in [3.63, 3.8) is 0 Å². The van der Waals surface area contributed by atoms with Crippen molar-refractivity contribution in [3.8, 4) is 0 Å². The third kappa shape index (κ3) is 2.47. The van der Waals surface area contributed by atoms with Crippen LogP contribution in [-0.2, 0) is 0 Å². The quantitative estimate of drug-likeness (QED) is 0.497. The number of hydrogen-bond donors (Lipinski definition) is 0. The Kier molecular flexibility index (Phi) is 2.65. The highest BCUT2D eigenvalue weighted by atomic mass is 15.3. The Morgan fingerprint density at radius 2 is 1.89 bits per heavy atom. The maximum atomic E-state index is 3.87. The zero-order valence-corrected chi connectivity index (χ0v) is 6.81. The molecule has 0 bridgehead atoms. The molecule has 0 rings (SSSR count). The van der Waals surface area contributed by atoms with Crippen molar-refractivity contribution in [2.24, 2.45) is 0 Å². The predicted molar refractivity (Wildman–Crippen MR) is 41.7 cm³/mol. The average molecular weight is 126 g/mol. The molecule has 0 aromatic rings. The standard InChI is InChI=1S/C8H16N/c1-6-7-9(4,5)8(2)3/h6-7H,2H2,1,3-5H3/q+1/b7-6-. The summed E-state index contributed by atoms with van der Waals surface area (Å²) in [6, 6.07) is 0. The SMILES string of the molecule is C=C(C)[N+](C)(C)/C=C\C. The summed E-state index contributed by atoms with van der Waals surface area (Å²) in [5, 5.41) is 0. The summed E-state index contributed by atoms with van der Waals surface area (Å²) < 4.78 is 0.774. The summed E-state index contributed by atoms with van der Waals surface area (Å²) in [5.74, 6) is 0. The molecular formula is C8H16N+. The van der Waals surface area contributed by atoms with Gasteiger partial charge >= 0.3 is 0 Å². The van der Waals surface area contributed by atoms with Gasteiger partial charge in [0, 0.05) is 6.92 Å². The van der Waals surface area contributed by atoms with Gasteiger partial charge in [-0.05, 0) is 19.6 Å². The van der Waals surface area contributed by atoms with Gasteiger partial charge in [-0.2, -0.15) is 0 Å². The number of quaternary nitrogens is 1. The largest absolute Gasteiger partial charge is 0.274 e. The lowest BCUT2D eigenvalue weighted by molar-refractivity contribution is -0.798. The summed E-state index contributed by atoms with van der Waals surface area (Å²) >= 11 is 0. The fourth-order valence-corrected chi connectivity index (χ4v) is 0.500. The molecule has 0 saturated heterocycles. The smallest absolute Gasteiger partial charge is 0.102 e. The molecule has 0 N–H and O–H groups in total. The fourth-order valence-electron chi connectivity index (χ4n) is 0.500. The highest BCUT2D eigenvalue weighted by Crippen LogP contribution is 2.07. The number of hydrogen-bond acceptors (Lipinski definition) is 0. The van der Waals surface area contributed by atoms with Crippen LogP contribution in [0, 0.1) is 0 Å². The Bertz CT molecular complexity index is 132. The molecule has 0 amide bonds. The Morgan fingerprint density at radius 1 is 1.44 bits per heavy atom. The molecule has 0 heterocycles. The van der Waals surface area contributed by atoms with Crippen LogP contribution in [0.15, 0.2) is 24.6 Å². The van der Waals surface area contributed by atoms with Crippen LogP contribution >= 0.6 is 0 Å². The number of allylic oxidation sites excluding steroid dienone is 2. The second kappa shape index (κ2) is 2.83. The minimum absolute atomic E-state index is 0.774. The van der Waals surface area contributed by atoms with E-state index in [1.165, 1.54) is 0 Å². The average Bonchev–Trinajstić information content (AvgIpc) is 1.65. The van der Waals surface area contributed by atoms with E-state index in [2.05, 4.69) is 26.9 Å². The first-order chi connectivity index (χ1) is 4.00. The van der Waals surface area contributed by atoms with Crippen LogP contribution in [0.25, 0.3) is 0 Å². The normalized spacial score (nSPS) is 12.4. The molecule has 0 fully saturated rings. The first-order valence-electron chi connectivity index (χ1n) is 3.14. The highest BCUT2D eigenvalue weighted by molar-refractivity contribution is 4.81. The van der Waals surface area contributed by atoms with Crippen molar-refractivity contribution in [2.75, 3.05) is 14.1 Å². The molecule has 1 heteroatoms. The van der Waals surface area contributed by atoms with Gasteiger partial charge < -0.3 is 0 Å². The van der Waals surface area contributed by atoms with Gasteiger partial charge in [0.2, 0.25) is 0 Å². The molecule has 0 aliphatic carbocycles. The first kappa shape index (κ1) is 8.44. The van der Waals surface area contributed by atoms with Crippen molar-refractivity contribution in [2.45, 2.75) is 13.8 Å². The second-order valence-corrected chi connectivity index (χ2v) is 2.76. The highest BCUT2D eigenvalue weighted by Gasteiger charge is 2.10. The summed E-state index contributed by atoms with van der Waals surface area (Å²) in [6.45, 7) is 7.91. The molecule has 52 valence electrons. The summed E-state index contributed by atoms with van der Waals surface area (Å²) in [5.41, 5.74) is 1.15. The maximum absolute atomic E-state index is 3.87. The number of nitrogens with zero attached hydrogens (tertiary/aromatic N) is 1. The van der Waals surface area contributed by atoms with Crippen LogP contribution in [0.4, 0.5) is 0 Å². The Morgan fingerprint density at radius 3 is 2.00 bits per heavy atom. The van der Waals surface area contributed by atoms with Gasteiger partial charge in [0.05, 0.1) is 20.3 Å². The molecule has 0 aromatic carbocycles. The van der Waals surface area contributed by atoms with E-state index in [1.807, 2.05) is 19.9 Å². The van der Waals surface area contributed by atoms with Crippen LogP contribution in [0.5, 0.6) is 0 Å². The zero-order chi connectivity index (χ0) is 7.49. The van der Waals surface area contributed by atoms with E-state index in [1.54, 1.807) is 0 Å². The summed E-state index contributed by atoms with van der Waals surface area (Å²) in [4.78, 5) is 0. The lowest BCUT2D eigenvalue weighted by Crippen LogP contribution is -2.29. The maximum Gasteiger partial charge on any atom is 0.102 e. The predicted octanol–water partition coefficient (Wildman–Crippen LogP) is 2.13. The van der Waals surface area contributed by atoms with E-state index in [-0.39, 0.29) is 0 Å². The molecule has 0 atom stereocenters. The van der Waals surface area contributed by atoms with Crippen LogP contribution in [0.3, 0.4) is 0 Å². The molecule has 0 spiro atoms. The van der Waals surface area contributed by atoms with E-state index < -0.39 is 0 Å². The Labute approximate surface area is 57.9 Å². The molecule has 9 heavy (non-hydrogen) atoms.